The molecule has 2 aromatic carbocycles. The van der Waals surface area contributed by atoms with Gasteiger partial charge in [0.05, 0.1) is 13.7 Å². The van der Waals surface area contributed by atoms with Gasteiger partial charge in [0.1, 0.15) is 5.75 Å². The van der Waals surface area contributed by atoms with Gasteiger partial charge >= 0.3 is 0 Å². The molecule has 1 N–H and O–H groups in total. The Morgan fingerprint density at radius 2 is 1.77 bits per heavy atom. The fourth-order valence-corrected chi connectivity index (χ4v) is 1.89. The van der Waals surface area contributed by atoms with Crippen molar-refractivity contribution in [1.82, 2.24) is 0 Å². The van der Waals surface area contributed by atoms with Gasteiger partial charge in [-0.25, -0.2) is 0 Å². The molecule has 0 aliphatic carbocycles. The molecule has 0 radical (unpaired) electrons. The van der Waals surface area contributed by atoms with Gasteiger partial charge in [-0.05, 0) is 31.2 Å². The Hall–Kier alpha value is -2.69. The maximum absolute atomic E-state index is 11.9. The largest absolute Gasteiger partial charge is 0.497 e. The third kappa shape index (κ3) is 4.41. The molecule has 0 heterocycles. The zero-order chi connectivity index (χ0) is 15.8. The molecule has 116 valence electrons. The van der Waals surface area contributed by atoms with E-state index in [1.165, 1.54) is 0 Å². The zero-order valence-corrected chi connectivity index (χ0v) is 12.7. The van der Waals surface area contributed by atoms with E-state index >= 15 is 0 Å². The second kappa shape index (κ2) is 7.93. The number of carbonyl (C=O) groups is 1. The molecule has 0 fully saturated rings. The lowest BCUT2D eigenvalue weighted by atomic mass is 10.3. The van der Waals surface area contributed by atoms with Crippen molar-refractivity contribution in [2.24, 2.45) is 0 Å². The Balaban J connectivity index is 1.92. The van der Waals surface area contributed by atoms with Gasteiger partial charge in [-0.3, -0.25) is 4.79 Å². The summed E-state index contributed by atoms with van der Waals surface area (Å²) in [5.74, 6) is 1.60. The lowest BCUT2D eigenvalue weighted by Gasteiger charge is -2.12. The number of hydrogen-bond acceptors (Lipinski definition) is 4. The highest BCUT2D eigenvalue weighted by Crippen LogP contribution is 2.26. The SMILES string of the molecule is CCOc1ccccc1OCC(=O)Nc1cccc(OC)c1. The van der Waals surface area contributed by atoms with Crippen molar-refractivity contribution in [3.63, 3.8) is 0 Å². The van der Waals surface area contributed by atoms with E-state index in [0.29, 0.717) is 29.5 Å². The molecule has 0 aliphatic heterocycles. The first-order valence-electron chi connectivity index (χ1n) is 7.01. The number of para-hydroxylation sites is 2. The van der Waals surface area contributed by atoms with Crippen LogP contribution in [-0.4, -0.2) is 26.2 Å². The van der Waals surface area contributed by atoms with Crippen LogP contribution in [0.1, 0.15) is 6.92 Å². The Morgan fingerprint density at radius 1 is 1.05 bits per heavy atom. The molecule has 22 heavy (non-hydrogen) atoms. The summed E-state index contributed by atoms with van der Waals surface area (Å²) in [5.41, 5.74) is 0.658. The van der Waals surface area contributed by atoms with Gasteiger partial charge in [0, 0.05) is 11.8 Å². The summed E-state index contributed by atoms with van der Waals surface area (Å²) in [6.07, 6.45) is 0. The van der Waals surface area contributed by atoms with Gasteiger partial charge in [0.15, 0.2) is 18.1 Å². The van der Waals surface area contributed by atoms with Gasteiger partial charge in [0.25, 0.3) is 5.91 Å². The lowest BCUT2D eigenvalue weighted by Crippen LogP contribution is -2.20. The minimum absolute atomic E-state index is 0.0959. The minimum atomic E-state index is -0.250. The van der Waals surface area contributed by atoms with Crippen LogP contribution in [0.5, 0.6) is 17.2 Å². The van der Waals surface area contributed by atoms with E-state index in [-0.39, 0.29) is 12.5 Å². The number of methoxy groups -OCH3 is 1. The molecule has 0 saturated heterocycles. The summed E-state index contributed by atoms with van der Waals surface area (Å²) >= 11 is 0. The monoisotopic (exact) mass is 301 g/mol. The van der Waals surface area contributed by atoms with Gasteiger partial charge in [-0.15, -0.1) is 0 Å². The van der Waals surface area contributed by atoms with Gasteiger partial charge in [-0.2, -0.15) is 0 Å². The van der Waals surface area contributed by atoms with Crippen LogP contribution in [0.4, 0.5) is 5.69 Å². The summed E-state index contributed by atoms with van der Waals surface area (Å²) in [6, 6.07) is 14.4. The Morgan fingerprint density at radius 3 is 2.45 bits per heavy atom. The molecule has 0 atom stereocenters. The predicted octanol–water partition coefficient (Wildman–Crippen LogP) is 3.11. The minimum Gasteiger partial charge on any atom is -0.497 e. The average Bonchev–Trinajstić information content (AvgIpc) is 2.54. The standard InChI is InChI=1S/C17H19NO4/c1-3-21-15-9-4-5-10-16(15)22-12-17(19)18-13-7-6-8-14(11-13)20-2/h4-11H,3,12H2,1-2H3,(H,18,19). The summed E-state index contributed by atoms with van der Waals surface area (Å²) in [7, 11) is 1.58. The molecule has 2 aromatic rings. The molecule has 0 saturated carbocycles. The molecule has 0 aliphatic rings. The van der Waals surface area contributed by atoms with Crippen molar-refractivity contribution in [2.75, 3.05) is 25.6 Å². The maximum Gasteiger partial charge on any atom is 0.262 e. The molecule has 5 nitrogen and oxygen atoms in total. The summed E-state index contributed by atoms with van der Waals surface area (Å²) in [5, 5.41) is 2.75. The van der Waals surface area contributed by atoms with Crippen LogP contribution < -0.4 is 19.5 Å². The lowest BCUT2D eigenvalue weighted by molar-refractivity contribution is -0.118. The summed E-state index contributed by atoms with van der Waals surface area (Å²) in [6.45, 7) is 2.34. The quantitative estimate of drug-likeness (QED) is 0.853. The molecule has 5 heteroatoms. The molecule has 1 amide bonds. The highest BCUT2D eigenvalue weighted by atomic mass is 16.5. The van der Waals surface area contributed by atoms with E-state index < -0.39 is 0 Å². The van der Waals surface area contributed by atoms with Gasteiger partial charge in [-0.1, -0.05) is 18.2 Å². The van der Waals surface area contributed by atoms with Crippen molar-refractivity contribution in [3.05, 3.63) is 48.5 Å². The number of rotatable bonds is 7. The highest BCUT2D eigenvalue weighted by molar-refractivity contribution is 5.92. The molecular formula is C17H19NO4. The Bertz CT molecular complexity index is 628. The molecule has 0 unspecified atom stereocenters. The Kier molecular flexibility index (Phi) is 5.65. The van der Waals surface area contributed by atoms with E-state index in [2.05, 4.69) is 5.32 Å². The van der Waals surface area contributed by atoms with Crippen molar-refractivity contribution in [2.45, 2.75) is 6.92 Å². The van der Waals surface area contributed by atoms with Crippen LogP contribution in [0.25, 0.3) is 0 Å². The molecular weight excluding hydrogens is 282 g/mol. The van der Waals surface area contributed by atoms with Crippen molar-refractivity contribution < 1.29 is 19.0 Å². The third-order valence-corrected chi connectivity index (χ3v) is 2.86. The first-order chi connectivity index (χ1) is 10.7. The first kappa shape index (κ1) is 15.7. The number of amides is 1. The third-order valence-electron chi connectivity index (χ3n) is 2.86. The van der Waals surface area contributed by atoms with Crippen LogP contribution in [0.15, 0.2) is 48.5 Å². The Labute approximate surface area is 129 Å². The number of ether oxygens (including phenoxy) is 3. The van der Waals surface area contributed by atoms with E-state index in [1.807, 2.05) is 25.1 Å². The smallest absolute Gasteiger partial charge is 0.262 e. The number of nitrogens with one attached hydrogen (secondary N) is 1. The number of hydrogen-bond donors (Lipinski definition) is 1. The number of anilines is 1. The average molecular weight is 301 g/mol. The van der Waals surface area contributed by atoms with Crippen LogP contribution in [0.2, 0.25) is 0 Å². The van der Waals surface area contributed by atoms with Crippen molar-refractivity contribution in [1.29, 1.82) is 0 Å². The zero-order valence-electron chi connectivity index (χ0n) is 12.7. The van der Waals surface area contributed by atoms with E-state index in [4.69, 9.17) is 14.2 Å². The fourth-order valence-electron chi connectivity index (χ4n) is 1.89. The van der Waals surface area contributed by atoms with Crippen LogP contribution in [0.3, 0.4) is 0 Å². The molecule has 2 rings (SSSR count). The summed E-state index contributed by atoms with van der Waals surface area (Å²) < 4.78 is 16.1. The molecule has 0 spiro atoms. The molecule has 0 bridgehead atoms. The van der Waals surface area contributed by atoms with Crippen LogP contribution >= 0.6 is 0 Å². The maximum atomic E-state index is 11.9. The van der Waals surface area contributed by atoms with E-state index in [0.717, 1.165) is 0 Å². The van der Waals surface area contributed by atoms with Crippen molar-refractivity contribution in [3.8, 4) is 17.2 Å². The van der Waals surface area contributed by atoms with E-state index in [1.54, 1.807) is 37.4 Å². The van der Waals surface area contributed by atoms with Crippen LogP contribution in [-0.2, 0) is 4.79 Å². The second-order valence-electron chi connectivity index (χ2n) is 4.45. The van der Waals surface area contributed by atoms with Gasteiger partial charge in [0.2, 0.25) is 0 Å². The fraction of sp³-hybridized carbons (Fsp3) is 0.235. The normalized spacial score (nSPS) is 9.91. The van der Waals surface area contributed by atoms with Crippen molar-refractivity contribution >= 4 is 11.6 Å². The number of benzene rings is 2. The molecule has 0 aromatic heterocycles. The predicted molar refractivity (Wildman–Crippen MR) is 84.7 cm³/mol. The van der Waals surface area contributed by atoms with E-state index in [9.17, 15) is 4.79 Å². The summed E-state index contributed by atoms with van der Waals surface area (Å²) in [4.78, 5) is 11.9. The first-order valence-corrected chi connectivity index (χ1v) is 7.01. The number of carbonyl (C=O) groups excluding carboxylic acids is 1. The highest BCUT2D eigenvalue weighted by Gasteiger charge is 2.08. The topological polar surface area (TPSA) is 56.8 Å². The van der Waals surface area contributed by atoms with Gasteiger partial charge < -0.3 is 19.5 Å². The second-order valence-corrected chi connectivity index (χ2v) is 4.45. The van der Waals surface area contributed by atoms with Crippen LogP contribution in [0, 0.1) is 0 Å².